The standard InChI is InChI=1S/C20H18ClN5O3S/c1-11-17(18(28)24-15-9-7-14(8-10-15)23-12(2)27)30-20(22-11)26-19(29)25-16-5-3-13(21)4-6-16/h3-10H,1-2H3,(H,23,27)(H,24,28)(H2,22,25,26,29). The van der Waals surface area contributed by atoms with Gasteiger partial charge in [-0.25, -0.2) is 9.78 Å². The fraction of sp³-hybridized carbons (Fsp3) is 0.100. The lowest BCUT2D eigenvalue weighted by atomic mass is 10.2. The van der Waals surface area contributed by atoms with Crippen molar-refractivity contribution < 1.29 is 14.4 Å². The molecule has 0 atom stereocenters. The number of halogens is 1. The quantitative estimate of drug-likeness (QED) is 0.446. The first kappa shape index (κ1) is 21.3. The van der Waals surface area contributed by atoms with Gasteiger partial charge in [0.15, 0.2) is 5.13 Å². The SMILES string of the molecule is CC(=O)Nc1ccc(NC(=O)c2sc(NC(=O)Nc3ccc(Cl)cc3)nc2C)cc1. The number of thiazole rings is 1. The molecule has 0 saturated carbocycles. The van der Waals surface area contributed by atoms with Crippen LogP contribution in [0.2, 0.25) is 5.02 Å². The highest BCUT2D eigenvalue weighted by Crippen LogP contribution is 2.24. The predicted molar refractivity (Wildman–Crippen MR) is 120 cm³/mol. The first-order chi connectivity index (χ1) is 14.3. The Hall–Kier alpha value is -3.43. The molecule has 1 aromatic heterocycles. The summed E-state index contributed by atoms with van der Waals surface area (Å²) in [6, 6.07) is 12.9. The molecule has 154 valence electrons. The topological polar surface area (TPSA) is 112 Å². The first-order valence-corrected chi connectivity index (χ1v) is 9.99. The zero-order chi connectivity index (χ0) is 21.7. The molecule has 0 saturated heterocycles. The van der Waals surface area contributed by atoms with Gasteiger partial charge in [0.1, 0.15) is 4.88 Å². The molecule has 3 aromatic rings. The van der Waals surface area contributed by atoms with E-state index in [0.717, 1.165) is 11.3 Å². The van der Waals surface area contributed by atoms with Gasteiger partial charge >= 0.3 is 6.03 Å². The van der Waals surface area contributed by atoms with Crippen LogP contribution in [-0.4, -0.2) is 22.8 Å². The van der Waals surface area contributed by atoms with Crippen molar-refractivity contribution in [1.82, 2.24) is 4.98 Å². The molecule has 0 bridgehead atoms. The summed E-state index contributed by atoms with van der Waals surface area (Å²) < 4.78 is 0. The molecule has 30 heavy (non-hydrogen) atoms. The summed E-state index contributed by atoms with van der Waals surface area (Å²) in [7, 11) is 0. The normalized spacial score (nSPS) is 10.2. The third kappa shape index (κ3) is 5.79. The highest BCUT2D eigenvalue weighted by atomic mass is 35.5. The third-order valence-electron chi connectivity index (χ3n) is 3.79. The smallest absolute Gasteiger partial charge is 0.325 e. The minimum Gasteiger partial charge on any atom is -0.326 e. The molecule has 1 heterocycles. The highest BCUT2D eigenvalue weighted by Gasteiger charge is 2.17. The Morgan fingerprint density at radius 2 is 1.37 bits per heavy atom. The van der Waals surface area contributed by atoms with Crippen LogP contribution in [0.15, 0.2) is 48.5 Å². The van der Waals surface area contributed by atoms with Crippen molar-refractivity contribution in [2.24, 2.45) is 0 Å². The van der Waals surface area contributed by atoms with Gasteiger partial charge in [-0.05, 0) is 55.5 Å². The lowest BCUT2D eigenvalue weighted by Crippen LogP contribution is -2.19. The highest BCUT2D eigenvalue weighted by molar-refractivity contribution is 7.17. The Morgan fingerprint density at radius 1 is 0.833 bits per heavy atom. The van der Waals surface area contributed by atoms with Gasteiger partial charge in [-0.15, -0.1) is 0 Å². The van der Waals surface area contributed by atoms with E-state index < -0.39 is 6.03 Å². The summed E-state index contributed by atoms with van der Waals surface area (Å²) in [5.41, 5.74) is 2.27. The maximum Gasteiger partial charge on any atom is 0.325 e. The van der Waals surface area contributed by atoms with Crippen molar-refractivity contribution in [2.45, 2.75) is 13.8 Å². The number of carbonyl (C=O) groups excluding carboxylic acids is 3. The number of nitrogens with zero attached hydrogens (tertiary/aromatic N) is 1. The van der Waals surface area contributed by atoms with Gasteiger partial charge in [0.05, 0.1) is 5.69 Å². The molecule has 0 radical (unpaired) electrons. The van der Waals surface area contributed by atoms with Crippen LogP contribution in [-0.2, 0) is 4.79 Å². The summed E-state index contributed by atoms with van der Waals surface area (Å²) >= 11 is 6.89. The van der Waals surface area contributed by atoms with Crippen molar-refractivity contribution in [3.63, 3.8) is 0 Å². The Labute approximate surface area is 181 Å². The van der Waals surface area contributed by atoms with Gasteiger partial charge in [-0.1, -0.05) is 22.9 Å². The minimum atomic E-state index is -0.480. The molecule has 3 rings (SSSR count). The molecule has 4 amide bonds. The van der Waals surface area contributed by atoms with E-state index in [4.69, 9.17) is 11.6 Å². The molecule has 10 heteroatoms. The van der Waals surface area contributed by atoms with Crippen molar-refractivity contribution in [2.75, 3.05) is 21.3 Å². The minimum absolute atomic E-state index is 0.174. The number of hydrogen-bond donors (Lipinski definition) is 4. The van der Waals surface area contributed by atoms with Gasteiger partial charge in [-0.2, -0.15) is 0 Å². The van der Waals surface area contributed by atoms with E-state index in [0.29, 0.717) is 37.8 Å². The number of rotatable bonds is 5. The Morgan fingerprint density at radius 3 is 1.97 bits per heavy atom. The fourth-order valence-electron chi connectivity index (χ4n) is 2.48. The third-order valence-corrected chi connectivity index (χ3v) is 5.11. The second-order valence-corrected chi connectivity index (χ2v) is 7.67. The summed E-state index contributed by atoms with van der Waals surface area (Å²) in [6.45, 7) is 3.11. The van der Waals surface area contributed by atoms with Crippen LogP contribution in [0.3, 0.4) is 0 Å². The van der Waals surface area contributed by atoms with E-state index in [2.05, 4.69) is 26.3 Å². The van der Waals surface area contributed by atoms with Crippen molar-refractivity contribution in [3.8, 4) is 0 Å². The Bertz CT molecular complexity index is 1080. The molecule has 8 nitrogen and oxygen atoms in total. The number of aromatic nitrogens is 1. The summed E-state index contributed by atoms with van der Waals surface area (Å²) in [5.74, 6) is -0.518. The average molecular weight is 444 g/mol. The summed E-state index contributed by atoms with van der Waals surface area (Å²) in [5, 5.41) is 11.6. The van der Waals surface area contributed by atoms with E-state index in [1.807, 2.05) is 0 Å². The van der Waals surface area contributed by atoms with E-state index >= 15 is 0 Å². The molecule has 0 aliphatic rings. The summed E-state index contributed by atoms with van der Waals surface area (Å²) in [4.78, 5) is 40.4. The van der Waals surface area contributed by atoms with Gasteiger partial charge in [0.25, 0.3) is 5.91 Å². The van der Waals surface area contributed by atoms with Gasteiger partial charge in [0, 0.05) is 29.0 Å². The first-order valence-electron chi connectivity index (χ1n) is 8.80. The van der Waals surface area contributed by atoms with Crippen molar-refractivity contribution in [1.29, 1.82) is 0 Å². The summed E-state index contributed by atoms with van der Waals surface area (Å²) in [6.07, 6.45) is 0. The van der Waals surface area contributed by atoms with E-state index in [1.54, 1.807) is 55.5 Å². The molecule has 0 spiro atoms. The van der Waals surface area contributed by atoms with Crippen LogP contribution in [0, 0.1) is 6.92 Å². The van der Waals surface area contributed by atoms with E-state index in [-0.39, 0.29) is 11.8 Å². The lowest BCUT2D eigenvalue weighted by Gasteiger charge is -2.06. The lowest BCUT2D eigenvalue weighted by molar-refractivity contribution is -0.114. The number of nitrogens with one attached hydrogen (secondary N) is 4. The molecule has 4 N–H and O–H groups in total. The molecule has 0 unspecified atom stereocenters. The van der Waals surface area contributed by atoms with Crippen LogP contribution in [0.25, 0.3) is 0 Å². The van der Waals surface area contributed by atoms with E-state index in [1.165, 1.54) is 6.92 Å². The fourth-order valence-corrected chi connectivity index (χ4v) is 3.46. The van der Waals surface area contributed by atoms with Crippen LogP contribution in [0.4, 0.5) is 27.0 Å². The molecular weight excluding hydrogens is 426 g/mol. The number of carbonyl (C=O) groups is 3. The van der Waals surface area contributed by atoms with Gasteiger partial charge < -0.3 is 16.0 Å². The average Bonchev–Trinajstić information content (AvgIpc) is 3.05. The number of amides is 4. The molecular formula is C20H18ClN5O3S. The van der Waals surface area contributed by atoms with Crippen molar-refractivity contribution >= 4 is 63.0 Å². The van der Waals surface area contributed by atoms with Crippen molar-refractivity contribution in [3.05, 3.63) is 64.1 Å². The second-order valence-electron chi connectivity index (χ2n) is 6.23. The molecule has 0 aliphatic carbocycles. The van der Waals surface area contributed by atoms with Crippen LogP contribution in [0.1, 0.15) is 22.3 Å². The molecule has 2 aromatic carbocycles. The molecule has 0 aliphatic heterocycles. The number of aryl methyl sites for hydroxylation is 1. The van der Waals surface area contributed by atoms with Gasteiger partial charge in [0.2, 0.25) is 5.91 Å². The number of anilines is 4. The van der Waals surface area contributed by atoms with Crippen LogP contribution < -0.4 is 21.3 Å². The zero-order valence-corrected chi connectivity index (χ0v) is 17.6. The monoisotopic (exact) mass is 443 g/mol. The largest absolute Gasteiger partial charge is 0.326 e. The second kappa shape index (κ2) is 9.38. The van der Waals surface area contributed by atoms with Crippen LogP contribution >= 0.6 is 22.9 Å². The van der Waals surface area contributed by atoms with Crippen LogP contribution in [0.5, 0.6) is 0 Å². The maximum atomic E-state index is 12.6. The molecule has 0 fully saturated rings. The zero-order valence-electron chi connectivity index (χ0n) is 16.1. The Balaban J connectivity index is 1.61. The van der Waals surface area contributed by atoms with E-state index in [9.17, 15) is 14.4 Å². The predicted octanol–water partition coefficient (Wildman–Crippen LogP) is 4.96. The number of urea groups is 1. The maximum absolute atomic E-state index is 12.6. The number of hydrogen-bond acceptors (Lipinski definition) is 5. The van der Waals surface area contributed by atoms with Gasteiger partial charge in [-0.3, -0.25) is 14.9 Å². The Kier molecular flexibility index (Phi) is 6.65. The number of benzene rings is 2.